The third kappa shape index (κ3) is 4.57. The molecule has 0 aliphatic carbocycles. The first-order valence-electron chi connectivity index (χ1n) is 7.35. The van der Waals surface area contributed by atoms with Crippen LogP contribution in [0.2, 0.25) is 5.02 Å². The lowest BCUT2D eigenvalue weighted by Crippen LogP contribution is -2.14. The van der Waals surface area contributed by atoms with Crippen LogP contribution < -0.4 is 5.73 Å². The van der Waals surface area contributed by atoms with Gasteiger partial charge >= 0.3 is 5.97 Å². The predicted octanol–water partition coefficient (Wildman–Crippen LogP) is 3.91. The zero-order chi connectivity index (χ0) is 16.8. The lowest BCUT2D eigenvalue weighted by atomic mass is 10.1. The Kier molecular flexibility index (Phi) is 5.77. The van der Waals surface area contributed by atoms with Gasteiger partial charge in [0.2, 0.25) is 0 Å². The number of aryl methyl sites for hydroxylation is 1. The number of benzene rings is 2. The number of hydrogen-bond acceptors (Lipinski definition) is 4. The van der Waals surface area contributed by atoms with E-state index in [0.717, 1.165) is 12.8 Å². The molecule has 120 valence electrons. The second-order valence-corrected chi connectivity index (χ2v) is 5.59. The van der Waals surface area contributed by atoms with E-state index in [1.807, 2.05) is 12.1 Å². The molecule has 0 bridgehead atoms. The topological polar surface area (TPSA) is 69.4 Å². The van der Waals surface area contributed by atoms with E-state index in [4.69, 9.17) is 22.1 Å². The molecule has 23 heavy (non-hydrogen) atoms. The van der Waals surface area contributed by atoms with Crippen molar-refractivity contribution in [1.29, 1.82) is 0 Å². The van der Waals surface area contributed by atoms with Crippen LogP contribution in [0.4, 0.5) is 5.69 Å². The molecule has 0 saturated carbocycles. The molecular formula is C18H18ClNO3. The number of carbonyl (C=O) groups excluding carboxylic acids is 2. The third-order valence-electron chi connectivity index (χ3n) is 3.38. The molecule has 4 nitrogen and oxygen atoms in total. The highest BCUT2D eigenvalue weighted by molar-refractivity contribution is 6.33. The summed E-state index contributed by atoms with van der Waals surface area (Å²) in [4.78, 5) is 24.0. The van der Waals surface area contributed by atoms with Crippen molar-refractivity contribution in [3.63, 3.8) is 0 Å². The van der Waals surface area contributed by atoms with Crippen LogP contribution >= 0.6 is 11.6 Å². The molecule has 0 unspecified atom stereocenters. The van der Waals surface area contributed by atoms with Crippen molar-refractivity contribution >= 4 is 29.0 Å². The summed E-state index contributed by atoms with van der Waals surface area (Å²) in [6.07, 6.45) is 2.02. The zero-order valence-electron chi connectivity index (χ0n) is 12.8. The van der Waals surface area contributed by atoms with E-state index >= 15 is 0 Å². The van der Waals surface area contributed by atoms with E-state index in [9.17, 15) is 9.59 Å². The van der Waals surface area contributed by atoms with Gasteiger partial charge in [-0.3, -0.25) is 4.79 Å². The molecule has 0 heterocycles. The maximum Gasteiger partial charge on any atom is 0.338 e. The Morgan fingerprint density at radius 1 is 1.09 bits per heavy atom. The van der Waals surface area contributed by atoms with Gasteiger partial charge in [0.25, 0.3) is 0 Å². The Hall–Kier alpha value is -2.33. The largest absolute Gasteiger partial charge is 0.454 e. The van der Waals surface area contributed by atoms with Crippen molar-refractivity contribution in [3.8, 4) is 0 Å². The molecule has 0 saturated heterocycles. The number of nitrogens with two attached hydrogens (primary N) is 1. The predicted molar refractivity (Wildman–Crippen MR) is 90.9 cm³/mol. The maximum atomic E-state index is 12.0. The highest BCUT2D eigenvalue weighted by Crippen LogP contribution is 2.20. The number of ether oxygens (including phenoxy) is 1. The van der Waals surface area contributed by atoms with Crippen molar-refractivity contribution in [2.75, 3.05) is 12.3 Å². The van der Waals surface area contributed by atoms with Crippen LogP contribution in [0.1, 0.15) is 39.6 Å². The first kappa shape index (κ1) is 17.0. The summed E-state index contributed by atoms with van der Waals surface area (Å²) in [6, 6.07) is 11.8. The first-order chi connectivity index (χ1) is 11.0. The number of hydrogen-bond donors (Lipinski definition) is 1. The summed E-state index contributed by atoms with van der Waals surface area (Å²) in [7, 11) is 0. The van der Waals surface area contributed by atoms with Crippen LogP contribution in [-0.2, 0) is 11.2 Å². The normalized spacial score (nSPS) is 10.3. The summed E-state index contributed by atoms with van der Waals surface area (Å²) in [6.45, 7) is 1.79. The van der Waals surface area contributed by atoms with Crippen molar-refractivity contribution < 1.29 is 14.3 Å². The van der Waals surface area contributed by atoms with Gasteiger partial charge in [-0.15, -0.1) is 0 Å². The van der Waals surface area contributed by atoms with Crippen LogP contribution in [0.15, 0.2) is 42.5 Å². The van der Waals surface area contributed by atoms with Crippen LogP contribution in [0.3, 0.4) is 0 Å². The van der Waals surface area contributed by atoms with Crippen LogP contribution in [0.5, 0.6) is 0 Å². The molecule has 0 fully saturated rings. The summed E-state index contributed by atoms with van der Waals surface area (Å²) >= 11 is 5.80. The molecule has 0 aliphatic rings. The summed E-state index contributed by atoms with van der Waals surface area (Å²) in [5, 5.41) is 0.366. The van der Waals surface area contributed by atoms with E-state index in [2.05, 4.69) is 6.92 Å². The molecule has 2 rings (SSSR count). The number of rotatable bonds is 6. The number of carbonyl (C=O) groups is 2. The summed E-state index contributed by atoms with van der Waals surface area (Å²) in [5.41, 5.74) is 7.89. The minimum atomic E-state index is -0.607. The molecule has 0 amide bonds. The van der Waals surface area contributed by atoms with Gasteiger partial charge in [0.1, 0.15) is 0 Å². The number of Topliss-reactive ketones (excluding diaryl/α,β-unsaturated/α-hetero) is 1. The fraction of sp³-hybridized carbons (Fsp3) is 0.222. The molecule has 5 heteroatoms. The number of esters is 1. The minimum absolute atomic E-state index is 0.247. The Balaban J connectivity index is 1.95. The zero-order valence-corrected chi connectivity index (χ0v) is 13.6. The maximum absolute atomic E-state index is 12.0. The van der Waals surface area contributed by atoms with Gasteiger partial charge in [-0.2, -0.15) is 0 Å². The quantitative estimate of drug-likeness (QED) is 0.495. The molecule has 0 spiro atoms. The van der Waals surface area contributed by atoms with Crippen LogP contribution in [0, 0.1) is 0 Å². The lowest BCUT2D eigenvalue weighted by Gasteiger charge is -2.06. The van der Waals surface area contributed by atoms with Gasteiger partial charge in [-0.05, 0) is 30.2 Å². The smallest absolute Gasteiger partial charge is 0.338 e. The Labute approximate surface area is 140 Å². The highest BCUT2D eigenvalue weighted by atomic mass is 35.5. The molecule has 2 aromatic carbocycles. The van der Waals surface area contributed by atoms with E-state index in [0.29, 0.717) is 16.3 Å². The summed E-state index contributed by atoms with van der Waals surface area (Å²) in [5.74, 6) is -0.854. The van der Waals surface area contributed by atoms with Crippen LogP contribution in [0.25, 0.3) is 0 Å². The van der Waals surface area contributed by atoms with Crippen molar-refractivity contribution in [2.24, 2.45) is 0 Å². The molecule has 0 aromatic heterocycles. The third-order valence-corrected chi connectivity index (χ3v) is 3.72. The number of nitrogen functional groups attached to an aromatic ring is 1. The lowest BCUT2D eigenvalue weighted by molar-refractivity contribution is 0.0475. The van der Waals surface area contributed by atoms with E-state index in [1.165, 1.54) is 23.8 Å². The number of ketones is 1. The molecule has 0 atom stereocenters. The van der Waals surface area contributed by atoms with Gasteiger partial charge in [0.15, 0.2) is 12.4 Å². The average molecular weight is 332 g/mol. The summed E-state index contributed by atoms with van der Waals surface area (Å²) < 4.78 is 5.03. The monoisotopic (exact) mass is 331 g/mol. The van der Waals surface area contributed by atoms with Gasteiger partial charge in [0.05, 0.1) is 16.3 Å². The second kappa shape index (κ2) is 7.79. The molecule has 2 N–H and O–H groups in total. The number of halogens is 1. The molecule has 0 aliphatic heterocycles. The SMILES string of the molecule is CCCc1ccc(C(=O)COC(=O)c2ccc(Cl)c(N)c2)cc1. The van der Waals surface area contributed by atoms with Crippen molar-refractivity contribution in [1.82, 2.24) is 0 Å². The Morgan fingerprint density at radius 2 is 1.74 bits per heavy atom. The number of anilines is 1. The van der Waals surface area contributed by atoms with Gasteiger partial charge in [-0.25, -0.2) is 4.79 Å². The molecular weight excluding hydrogens is 314 g/mol. The van der Waals surface area contributed by atoms with Crippen molar-refractivity contribution in [3.05, 3.63) is 64.2 Å². The first-order valence-corrected chi connectivity index (χ1v) is 7.73. The minimum Gasteiger partial charge on any atom is -0.454 e. The Bertz CT molecular complexity index is 711. The van der Waals surface area contributed by atoms with Crippen molar-refractivity contribution in [2.45, 2.75) is 19.8 Å². The standard InChI is InChI=1S/C18H18ClNO3/c1-2-3-12-4-6-13(7-5-12)17(21)11-23-18(22)14-8-9-15(19)16(20)10-14/h4-10H,2-3,11,20H2,1H3. The van der Waals surface area contributed by atoms with Crippen LogP contribution in [-0.4, -0.2) is 18.4 Å². The molecule has 2 aromatic rings. The fourth-order valence-corrected chi connectivity index (χ4v) is 2.23. The van der Waals surface area contributed by atoms with E-state index in [1.54, 1.807) is 12.1 Å². The van der Waals surface area contributed by atoms with E-state index < -0.39 is 5.97 Å². The van der Waals surface area contributed by atoms with Gasteiger partial charge in [0, 0.05) is 5.56 Å². The average Bonchev–Trinajstić information content (AvgIpc) is 2.56. The second-order valence-electron chi connectivity index (χ2n) is 5.18. The van der Waals surface area contributed by atoms with Gasteiger partial charge < -0.3 is 10.5 Å². The van der Waals surface area contributed by atoms with E-state index in [-0.39, 0.29) is 18.0 Å². The van der Waals surface area contributed by atoms with Gasteiger partial charge in [-0.1, -0.05) is 49.2 Å². The fourth-order valence-electron chi connectivity index (χ4n) is 2.11. The highest BCUT2D eigenvalue weighted by Gasteiger charge is 2.13. The Morgan fingerprint density at radius 3 is 2.35 bits per heavy atom. The molecule has 0 radical (unpaired) electrons.